The van der Waals surface area contributed by atoms with Gasteiger partial charge in [0.15, 0.2) is 0 Å². The summed E-state index contributed by atoms with van der Waals surface area (Å²) in [6.07, 6.45) is 0. The summed E-state index contributed by atoms with van der Waals surface area (Å²) in [6, 6.07) is 21.7. The minimum atomic E-state index is -1.26. The van der Waals surface area contributed by atoms with Crippen molar-refractivity contribution in [1.82, 2.24) is 0 Å². The van der Waals surface area contributed by atoms with E-state index in [1.54, 1.807) is 19.1 Å². The predicted octanol–water partition coefficient (Wildman–Crippen LogP) is 3.62. The minimum absolute atomic E-state index is 0.332. The number of hydrogen-bond acceptors (Lipinski definition) is 3. The largest absolute Gasteiger partial charge is 0.489 e. The van der Waals surface area contributed by atoms with Gasteiger partial charge in [-0.05, 0) is 47.0 Å². The van der Waals surface area contributed by atoms with E-state index in [1.807, 2.05) is 24.3 Å². The van der Waals surface area contributed by atoms with Gasteiger partial charge in [-0.3, -0.25) is 0 Å². The fourth-order valence-corrected chi connectivity index (χ4v) is 2.51. The minimum Gasteiger partial charge on any atom is -0.489 e. The molecule has 0 fully saturated rings. The Morgan fingerprint density at radius 3 is 2.48 bits per heavy atom. The molecule has 23 heavy (non-hydrogen) atoms. The fraction of sp³-hybridized carbons (Fsp3) is 0.200. The van der Waals surface area contributed by atoms with Crippen LogP contribution in [0.2, 0.25) is 0 Å². The Morgan fingerprint density at radius 2 is 1.70 bits per heavy atom. The van der Waals surface area contributed by atoms with Crippen molar-refractivity contribution < 1.29 is 14.9 Å². The monoisotopic (exact) mass is 308 g/mol. The molecule has 0 aliphatic rings. The summed E-state index contributed by atoms with van der Waals surface area (Å²) in [4.78, 5) is 0. The van der Waals surface area contributed by atoms with E-state index in [1.165, 1.54) is 10.8 Å². The second-order valence-corrected chi connectivity index (χ2v) is 5.93. The van der Waals surface area contributed by atoms with Crippen LogP contribution in [0.25, 0.3) is 10.8 Å². The van der Waals surface area contributed by atoms with Crippen molar-refractivity contribution in [1.29, 1.82) is 0 Å². The third-order valence-corrected chi connectivity index (χ3v) is 3.98. The van der Waals surface area contributed by atoms with Crippen molar-refractivity contribution in [3.63, 3.8) is 0 Å². The number of ether oxygens (including phenoxy) is 1. The van der Waals surface area contributed by atoms with Crippen LogP contribution in [-0.2, 0) is 12.2 Å². The SMILES string of the molecule is CC(O)(CO)c1cccc(OCc2ccc3ccccc3c2)c1. The highest BCUT2D eigenvalue weighted by atomic mass is 16.5. The first-order valence-corrected chi connectivity index (χ1v) is 7.63. The number of rotatable bonds is 5. The third-order valence-electron chi connectivity index (χ3n) is 3.98. The fourth-order valence-electron chi connectivity index (χ4n) is 2.51. The van der Waals surface area contributed by atoms with Gasteiger partial charge in [-0.15, -0.1) is 0 Å². The molecule has 0 heterocycles. The molecule has 3 heteroatoms. The number of benzene rings is 3. The van der Waals surface area contributed by atoms with Crippen LogP contribution in [0.1, 0.15) is 18.1 Å². The van der Waals surface area contributed by atoms with E-state index in [0.29, 0.717) is 17.9 Å². The highest BCUT2D eigenvalue weighted by Crippen LogP contribution is 2.25. The Kier molecular flexibility index (Phi) is 4.33. The molecule has 0 spiro atoms. The maximum atomic E-state index is 10.1. The molecule has 118 valence electrons. The van der Waals surface area contributed by atoms with Crippen LogP contribution in [0.3, 0.4) is 0 Å². The van der Waals surface area contributed by atoms with Crippen LogP contribution in [0, 0.1) is 0 Å². The van der Waals surface area contributed by atoms with Crippen molar-refractivity contribution in [2.45, 2.75) is 19.1 Å². The molecule has 0 aliphatic carbocycles. The Morgan fingerprint density at radius 1 is 0.913 bits per heavy atom. The Balaban J connectivity index is 1.76. The molecule has 0 radical (unpaired) electrons. The van der Waals surface area contributed by atoms with E-state index in [4.69, 9.17) is 4.74 Å². The summed E-state index contributed by atoms with van der Waals surface area (Å²) in [7, 11) is 0. The zero-order valence-electron chi connectivity index (χ0n) is 13.1. The lowest BCUT2D eigenvalue weighted by atomic mass is 9.97. The van der Waals surface area contributed by atoms with Crippen molar-refractivity contribution in [2.75, 3.05) is 6.61 Å². The van der Waals surface area contributed by atoms with Crippen molar-refractivity contribution >= 4 is 10.8 Å². The molecular weight excluding hydrogens is 288 g/mol. The number of aliphatic hydroxyl groups excluding tert-OH is 1. The summed E-state index contributed by atoms with van der Waals surface area (Å²) >= 11 is 0. The summed E-state index contributed by atoms with van der Waals surface area (Å²) in [6.45, 7) is 1.70. The molecule has 3 nitrogen and oxygen atoms in total. The van der Waals surface area contributed by atoms with Gasteiger partial charge in [-0.25, -0.2) is 0 Å². The van der Waals surface area contributed by atoms with E-state index >= 15 is 0 Å². The van der Waals surface area contributed by atoms with Crippen molar-refractivity contribution in [2.24, 2.45) is 0 Å². The zero-order valence-corrected chi connectivity index (χ0v) is 13.1. The molecule has 3 rings (SSSR count). The average molecular weight is 308 g/mol. The number of aliphatic hydroxyl groups is 2. The van der Waals surface area contributed by atoms with Crippen LogP contribution in [-0.4, -0.2) is 16.8 Å². The molecule has 0 saturated heterocycles. The third kappa shape index (κ3) is 3.52. The molecule has 2 N–H and O–H groups in total. The Hall–Kier alpha value is -2.36. The summed E-state index contributed by atoms with van der Waals surface area (Å²) in [5, 5.41) is 21.8. The van der Waals surface area contributed by atoms with Gasteiger partial charge in [-0.2, -0.15) is 0 Å². The molecule has 0 aromatic heterocycles. The molecule has 1 atom stereocenters. The van der Waals surface area contributed by atoms with Gasteiger partial charge in [0, 0.05) is 0 Å². The normalized spacial score (nSPS) is 13.7. The standard InChI is InChI=1S/C20H20O3/c1-20(22,14-21)18-7-4-8-19(12-18)23-13-15-9-10-16-5-2-3-6-17(16)11-15/h2-12,21-22H,13-14H2,1H3. The van der Waals surface area contributed by atoms with Gasteiger partial charge >= 0.3 is 0 Å². The van der Waals surface area contributed by atoms with Crippen LogP contribution in [0.5, 0.6) is 5.75 Å². The molecule has 1 unspecified atom stereocenters. The summed E-state index contributed by atoms with van der Waals surface area (Å²) in [5.74, 6) is 0.671. The molecule has 3 aromatic rings. The molecular formula is C20H20O3. The molecule has 0 bridgehead atoms. The topological polar surface area (TPSA) is 49.7 Å². The second-order valence-electron chi connectivity index (χ2n) is 5.93. The van der Waals surface area contributed by atoms with Gasteiger partial charge < -0.3 is 14.9 Å². The molecule has 0 amide bonds. The Bertz CT molecular complexity index is 809. The number of fused-ring (bicyclic) bond motifs is 1. The first-order valence-electron chi connectivity index (χ1n) is 7.63. The first-order chi connectivity index (χ1) is 11.1. The average Bonchev–Trinajstić information content (AvgIpc) is 2.60. The van der Waals surface area contributed by atoms with Crippen LogP contribution in [0.4, 0.5) is 0 Å². The lowest BCUT2D eigenvalue weighted by Crippen LogP contribution is -2.25. The van der Waals surface area contributed by atoms with E-state index in [2.05, 4.69) is 30.3 Å². The summed E-state index contributed by atoms with van der Waals surface area (Å²) < 4.78 is 5.83. The van der Waals surface area contributed by atoms with E-state index in [-0.39, 0.29) is 6.61 Å². The van der Waals surface area contributed by atoms with Gasteiger partial charge in [0.25, 0.3) is 0 Å². The lowest BCUT2D eigenvalue weighted by Gasteiger charge is -2.21. The van der Waals surface area contributed by atoms with Crippen molar-refractivity contribution in [3.05, 3.63) is 77.9 Å². The van der Waals surface area contributed by atoms with E-state index < -0.39 is 5.60 Å². The first kappa shape index (κ1) is 15.5. The van der Waals surface area contributed by atoms with Crippen molar-refractivity contribution in [3.8, 4) is 5.75 Å². The van der Waals surface area contributed by atoms with Gasteiger partial charge in [0.1, 0.15) is 18.0 Å². The number of hydrogen-bond donors (Lipinski definition) is 2. The van der Waals surface area contributed by atoms with E-state index in [0.717, 1.165) is 5.56 Å². The maximum absolute atomic E-state index is 10.1. The molecule has 0 aliphatic heterocycles. The molecule has 0 saturated carbocycles. The Labute approximate surface area is 135 Å². The van der Waals surface area contributed by atoms with Crippen LogP contribution in [0.15, 0.2) is 66.7 Å². The highest BCUT2D eigenvalue weighted by molar-refractivity contribution is 5.82. The second kappa shape index (κ2) is 6.41. The lowest BCUT2D eigenvalue weighted by molar-refractivity contribution is -0.00246. The van der Waals surface area contributed by atoms with Gasteiger partial charge in [0.2, 0.25) is 0 Å². The van der Waals surface area contributed by atoms with E-state index in [9.17, 15) is 10.2 Å². The van der Waals surface area contributed by atoms with Crippen LogP contribution < -0.4 is 4.74 Å². The molecule has 3 aromatic carbocycles. The summed E-state index contributed by atoms with van der Waals surface area (Å²) in [5.41, 5.74) is 0.460. The highest BCUT2D eigenvalue weighted by Gasteiger charge is 2.22. The van der Waals surface area contributed by atoms with Crippen LogP contribution >= 0.6 is 0 Å². The zero-order chi connectivity index (χ0) is 16.3. The smallest absolute Gasteiger partial charge is 0.120 e. The predicted molar refractivity (Wildman–Crippen MR) is 91.4 cm³/mol. The van der Waals surface area contributed by atoms with Gasteiger partial charge in [0.05, 0.1) is 6.61 Å². The quantitative estimate of drug-likeness (QED) is 0.757. The van der Waals surface area contributed by atoms with Gasteiger partial charge in [-0.1, -0.05) is 48.5 Å². The maximum Gasteiger partial charge on any atom is 0.120 e.